The highest BCUT2D eigenvalue weighted by Crippen LogP contribution is 2.44. The van der Waals surface area contributed by atoms with Crippen LogP contribution in [0.1, 0.15) is 61.7 Å². The molecular formula is C22H30N2O4S. The molecule has 1 spiro atoms. The lowest BCUT2D eigenvalue weighted by Gasteiger charge is -2.45. The highest BCUT2D eigenvalue weighted by molar-refractivity contribution is 7.80. The predicted octanol–water partition coefficient (Wildman–Crippen LogP) is 3.71. The van der Waals surface area contributed by atoms with Crippen LogP contribution in [0.25, 0.3) is 0 Å². The van der Waals surface area contributed by atoms with Crippen LogP contribution in [0.2, 0.25) is 0 Å². The van der Waals surface area contributed by atoms with Gasteiger partial charge in [0, 0.05) is 44.1 Å². The number of nitrogens with one attached hydrogen (secondary N) is 1. The molecule has 2 aliphatic heterocycles. The molecule has 0 aromatic heterocycles. The van der Waals surface area contributed by atoms with Gasteiger partial charge < -0.3 is 24.4 Å². The minimum Gasteiger partial charge on any atom is -0.496 e. The summed E-state index contributed by atoms with van der Waals surface area (Å²) in [4.78, 5) is 15.2. The van der Waals surface area contributed by atoms with E-state index in [2.05, 4.69) is 10.2 Å². The highest BCUT2D eigenvalue weighted by Gasteiger charge is 2.44. The fourth-order valence-electron chi connectivity index (χ4n) is 4.76. The molecule has 7 heteroatoms. The van der Waals surface area contributed by atoms with E-state index in [9.17, 15) is 4.79 Å². The third kappa shape index (κ3) is 4.15. The molecule has 3 aliphatic rings. The van der Waals surface area contributed by atoms with Gasteiger partial charge in [0.25, 0.3) is 0 Å². The van der Waals surface area contributed by atoms with Gasteiger partial charge in [-0.2, -0.15) is 0 Å². The van der Waals surface area contributed by atoms with E-state index in [0.717, 1.165) is 31.0 Å². The zero-order chi connectivity index (χ0) is 20.4. The van der Waals surface area contributed by atoms with Crippen molar-refractivity contribution in [3.05, 3.63) is 17.7 Å². The Morgan fingerprint density at radius 3 is 2.55 bits per heavy atom. The Labute approximate surface area is 177 Å². The van der Waals surface area contributed by atoms with Crippen molar-refractivity contribution in [1.29, 1.82) is 0 Å². The molecule has 1 saturated heterocycles. The molecule has 0 radical (unpaired) electrons. The number of ketones is 1. The predicted molar refractivity (Wildman–Crippen MR) is 115 cm³/mol. The third-order valence-electron chi connectivity index (χ3n) is 6.48. The molecule has 1 aliphatic carbocycles. The number of carbonyl (C=O) groups is 1. The molecule has 0 atom stereocenters. The molecule has 6 nitrogen and oxygen atoms in total. The molecule has 1 aromatic carbocycles. The maximum atomic E-state index is 13.0. The van der Waals surface area contributed by atoms with Crippen molar-refractivity contribution in [3.8, 4) is 17.2 Å². The number of hydrogen-bond donors (Lipinski definition) is 1. The zero-order valence-corrected chi connectivity index (χ0v) is 18.1. The van der Waals surface area contributed by atoms with Gasteiger partial charge in [-0.25, -0.2) is 0 Å². The molecule has 0 bridgehead atoms. The maximum absolute atomic E-state index is 13.0. The number of fused-ring (bicyclic) bond motifs is 1. The minimum atomic E-state index is -0.474. The molecule has 1 aromatic rings. The standard InChI is InChI=1S/C22H30N2O4S/c1-26-16-12-18(27-2)20-17(25)14-22(28-19(20)13-16)8-10-24(11-9-22)21(29)23-15-6-4-3-5-7-15/h12-13,15H,3-11,14H2,1-2H3,(H,23,29). The summed E-state index contributed by atoms with van der Waals surface area (Å²) in [5.41, 5.74) is 0.0501. The number of nitrogens with zero attached hydrogens (tertiary/aromatic N) is 1. The third-order valence-corrected chi connectivity index (χ3v) is 6.85. The van der Waals surface area contributed by atoms with Crippen molar-refractivity contribution >= 4 is 23.1 Å². The average Bonchev–Trinajstić information content (AvgIpc) is 2.73. The van der Waals surface area contributed by atoms with Gasteiger partial charge in [-0.1, -0.05) is 19.3 Å². The van der Waals surface area contributed by atoms with Crippen molar-refractivity contribution in [2.45, 2.75) is 63.0 Å². The van der Waals surface area contributed by atoms with E-state index in [-0.39, 0.29) is 5.78 Å². The summed E-state index contributed by atoms with van der Waals surface area (Å²) in [6.45, 7) is 1.59. The summed E-state index contributed by atoms with van der Waals surface area (Å²) in [5.74, 6) is 1.77. The highest BCUT2D eigenvalue weighted by atomic mass is 32.1. The molecular weight excluding hydrogens is 388 g/mol. The van der Waals surface area contributed by atoms with Gasteiger partial charge >= 0.3 is 0 Å². The van der Waals surface area contributed by atoms with Crippen molar-refractivity contribution in [2.75, 3.05) is 27.3 Å². The second kappa shape index (κ2) is 8.38. The summed E-state index contributed by atoms with van der Waals surface area (Å²) in [5, 5.41) is 4.40. The van der Waals surface area contributed by atoms with E-state index in [1.165, 1.54) is 32.1 Å². The van der Waals surface area contributed by atoms with Gasteiger partial charge in [-0.05, 0) is 25.1 Å². The van der Waals surface area contributed by atoms with Gasteiger partial charge in [0.1, 0.15) is 28.4 Å². The van der Waals surface area contributed by atoms with Crippen molar-refractivity contribution in [1.82, 2.24) is 10.2 Å². The van der Waals surface area contributed by atoms with Crippen LogP contribution in [0.15, 0.2) is 12.1 Å². The Bertz CT molecular complexity index is 783. The topological polar surface area (TPSA) is 60.0 Å². The number of hydrogen-bond acceptors (Lipinski definition) is 5. The van der Waals surface area contributed by atoms with Crippen molar-refractivity contribution in [2.24, 2.45) is 0 Å². The fraction of sp³-hybridized carbons (Fsp3) is 0.636. The van der Waals surface area contributed by atoms with Gasteiger partial charge in [0.2, 0.25) is 0 Å². The van der Waals surface area contributed by atoms with Gasteiger partial charge in [-0.15, -0.1) is 0 Å². The van der Waals surface area contributed by atoms with Gasteiger partial charge in [0.15, 0.2) is 10.9 Å². The summed E-state index contributed by atoms with van der Waals surface area (Å²) in [6.07, 6.45) is 8.22. The van der Waals surface area contributed by atoms with Gasteiger partial charge in [0.05, 0.1) is 20.6 Å². The van der Waals surface area contributed by atoms with Crippen LogP contribution < -0.4 is 19.5 Å². The number of likely N-dealkylation sites (tertiary alicyclic amines) is 1. The first-order chi connectivity index (χ1) is 14.0. The molecule has 2 fully saturated rings. The van der Waals surface area contributed by atoms with E-state index in [4.69, 9.17) is 26.4 Å². The average molecular weight is 419 g/mol. The lowest BCUT2D eigenvalue weighted by molar-refractivity contribution is 0.00296. The number of ether oxygens (including phenoxy) is 3. The number of methoxy groups -OCH3 is 2. The molecule has 4 rings (SSSR count). The van der Waals surface area contributed by atoms with E-state index < -0.39 is 5.60 Å². The second-order valence-electron chi connectivity index (χ2n) is 8.36. The van der Waals surface area contributed by atoms with Crippen LogP contribution in [0.3, 0.4) is 0 Å². The van der Waals surface area contributed by atoms with Crippen molar-refractivity contribution in [3.63, 3.8) is 0 Å². The van der Waals surface area contributed by atoms with Crippen LogP contribution in [-0.4, -0.2) is 54.7 Å². The molecule has 29 heavy (non-hydrogen) atoms. The first-order valence-corrected chi connectivity index (χ1v) is 11.0. The Balaban J connectivity index is 1.43. The molecule has 2 heterocycles. The largest absolute Gasteiger partial charge is 0.496 e. The normalized spacial score (nSPS) is 21.3. The van der Waals surface area contributed by atoms with Gasteiger partial charge in [-0.3, -0.25) is 4.79 Å². The Morgan fingerprint density at radius 1 is 1.17 bits per heavy atom. The van der Waals surface area contributed by atoms with Crippen molar-refractivity contribution < 1.29 is 19.0 Å². The smallest absolute Gasteiger partial charge is 0.174 e. The van der Waals surface area contributed by atoms with Crippen LogP contribution in [0.4, 0.5) is 0 Å². The molecule has 0 unspecified atom stereocenters. The van der Waals surface area contributed by atoms with Crippen LogP contribution >= 0.6 is 12.2 Å². The number of piperidine rings is 1. The zero-order valence-electron chi connectivity index (χ0n) is 17.3. The molecule has 158 valence electrons. The first-order valence-electron chi connectivity index (χ1n) is 10.6. The van der Waals surface area contributed by atoms with Crippen LogP contribution in [0, 0.1) is 0 Å². The SMILES string of the molecule is COc1cc(OC)c2c(c1)OC1(CCN(C(=S)NC3CCCCC3)CC1)CC2=O. The number of rotatable bonds is 3. The maximum Gasteiger partial charge on any atom is 0.174 e. The Morgan fingerprint density at radius 2 is 1.90 bits per heavy atom. The number of carbonyl (C=O) groups excluding carboxylic acids is 1. The monoisotopic (exact) mass is 418 g/mol. The number of thiocarbonyl (C=S) groups is 1. The summed E-state index contributed by atoms with van der Waals surface area (Å²) >= 11 is 5.67. The Kier molecular flexibility index (Phi) is 5.86. The molecule has 0 amide bonds. The summed E-state index contributed by atoms with van der Waals surface area (Å²) in [6, 6.07) is 4.03. The Hall–Kier alpha value is -2.02. The number of Topliss-reactive ketones (excluding diaryl/α,β-unsaturated/α-hetero) is 1. The minimum absolute atomic E-state index is 0.0714. The van der Waals surface area contributed by atoms with Crippen LogP contribution in [-0.2, 0) is 0 Å². The van der Waals surface area contributed by atoms with Crippen LogP contribution in [0.5, 0.6) is 17.2 Å². The fourth-order valence-corrected chi connectivity index (χ4v) is 5.11. The van der Waals surface area contributed by atoms with E-state index >= 15 is 0 Å². The lowest BCUT2D eigenvalue weighted by Crippen LogP contribution is -2.55. The first kappa shape index (κ1) is 20.3. The molecule has 1 N–H and O–H groups in total. The van der Waals surface area contributed by atoms with E-state index in [1.807, 2.05) is 0 Å². The van der Waals surface area contributed by atoms with E-state index in [1.54, 1.807) is 26.4 Å². The molecule has 1 saturated carbocycles. The summed E-state index contributed by atoms with van der Waals surface area (Å²) in [7, 11) is 3.16. The number of benzene rings is 1. The summed E-state index contributed by atoms with van der Waals surface area (Å²) < 4.78 is 17.2. The lowest BCUT2D eigenvalue weighted by atomic mass is 9.82. The quantitative estimate of drug-likeness (QED) is 0.751. The second-order valence-corrected chi connectivity index (χ2v) is 8.75. The van der Waals surface area contributed by atoms with E-state index in [0.29, 0.717) is 35.3 Å².